The number of hydrogen-bond acceptors (Lipinski definition) is 0. The maximum atomic E-state index is 2.58. The maximum Gasteiger partial charge on any atom is 0.213 e. The smallest absolute Gasteiger partial charge is 0.189 e. The van der Waals surface area contributed by atoms with Crippen LogP contribution in [-0.4, -0.2) is 0 Å². The molecule has 0 saturated heterocycles. The van der Waals surface area contributed by atoms with Crippen LogP contribution in [0.2, 0.25) is 0 Å². The first-order chi connectivity index (χ1) is 13.1. The summed E-state index contributed by atoms with van der Waals surface area (Å²) in [7, 11) is 0. The standard InChI is InChI=1S/C26H36N/c1-6-10-13-21(7-2)23-17-19-27-25(20(23)5)24-15-12-11-14-22(24)16-18-26(27,8-3)9-4/h7,11-12,15-19,22H,6,8-10,13-14H2,1-5H3/q+1. The van der Waals surface area contributed by atoms with Crippen LogP contribution in [-0.2, 0) is 5.54 Å². The van der Waals surface area contributed by atoms with Crippen molar-refractivity contribution in [2.45, 2.75) is 78.7 Å². The Morgan fingerprint density at radius 3 is 2.70 bits per heavy atom. The molecular weight excluding hydrogens is 326 g/mol. The van der Waals surface area contributed by atoms with E-state index < -0.39 is 0 Å². The van der Waals surface area contributed by atoms with E-state index in [1.807, 2.05) is 0 Å². The van der Waals surface area contributed by atoms with Crippen LogP contribution in [0.5, 0.6) is 0 Å². The summed E-state index contributed by atoms with van der Waals surface area (Å²) in [4.78, 5) is 0. The average Bonchev–Trinajstić information content (AvgIpc) is 2.85. The van der Waals surface area contributed by atoms with Gasteiger partial charge in [0.25, 0.3) is 0 Å². The highest BCUT2D eigenvalue weighted by atomic mass is 15.1. The molecule has 1 unspecified atom stereocenters. The van der Waals surface area contributed by atoms with E-state index in [4.69, 9.17) is 0 Å². The lowest BCUT2D eigenvalue weighted by molar-refractivity contribution is -0.755. The van der Waals surface area contributed by atoms with Crippen LogP contribution in [0.4, 0.5) is 0 Å². The molecule has 0 radical (unpaired) electrons. The molecule has 144 valence electrons. The fourth-order valence-electron chi connectivity index (χ4n) is 4.82. The minimum atomic E-state index is 0.0797. The number of unbranched alkanes of at least 4 members (excludes halogenated alkanes) is 1. The van der Waals surface area contributed by atoms with E-state index >= 15 is 0 Å². The zero-order chi connectivity index (χ0) is 19.4. The minimum Gasteiger partial charge on any atom is -0.189 e. The Kier molecular flexibility index (Phi) is 6.19. The van der Waals surface area contributed by atoms with Crippen molar-refractivity contribution < 1.29 is 4.57 Å². The summed E-state index contributed by atoms with van der Waals surface area (Å²) in [6, 6.07) is 2.37. The largest absolute Gasteiger partial charge is 0.213 e. The van der Waals surface area contributed by atoms with Gasteiger partial charge in [-0.25, -0.2) is 0 Å². The molecule has 0 saturated carbocycles. The normalized spacial score (nSPS) is 20.7. The molecule has 0 amide bonds. The van der Waals surface area contributed by atoms with E-state index in [1.165, 1.54) is 47.2 Å². The van der Waals surface area contributed by atoms with Gasteiger partial charge in [-0.3, -0.25) is 0 Å². The molecule has 0 bridgehead atoms. The average molecular weight is 363 g/mol. The van der Waals surface area contributed by atoms with E-state index in [-0.39, 0.29) is 5.54 Å². The van der Waals surface area contributed by atoms with Crippen LogP contribution in [0.25, 0.3) is 11.1 Å². The van der Waals surface area contributed by atoms with Gasteiger partial charge in [-0.05, 0) is 50.3 Å². The molecule has 0 spiro atoms. The van der Waals surface area contributed by atoms with Gasteiger partial charge in [-0.1, -0.05) is 57.6 Å². The SMILES string of the molecule is CC=C(CCCC)c1cc[n+]2c(c1C)C1=CC=CCC1C=CC2(CC)CC. The molecule has 0 aromatic carbocycles. The number of rotatable bonds is 6. The highest BCUT2D eigenvalue weighted by Crippen LogP contribution is 2.39. The van der Waals surface area contributed by atoms with Gasteiger partial charge in [0.15, 0.2) is 11.7 Å². The third-order valence-electron chi connectivity index (χ3n) is 6.70. The summed E-state index contributed by atoms with van der Waals surface area (Å²) in [5.74, 6) is 0.500. The van der Waals surface area contributed by atoms with Gasteiger partial charge in [-0.15, -0.1) is 0 Å². The molecule has 27 heavy (non-hydrogen) atoms. The Labute approximate surface area is 166 Å². The topological polar surface area (TPSA) is 3.88 Å². The molecule has 3 rings (SSSR count). The number of nitrogens with zero attached hydrogens (tertiary/aromatic N) is 1. The molecular formula is C26H36N+. The lowest BCUT2D eigenvalue weighted by Crippen LogP contribution is -2.56. The van der Waals surface area contributed by atoms with Crippen molar-refractivity contribution in [1.29, 1.82) is 0 Å². The molecule has 2 heterocycles. The summed E-state index contributed by atoms with van der Waals surface area (Å²) in [5, 5.41) is 0. The summed E-state index contributed by atoms with van der Waals surface area (Å²) >= 11 is 0. The summed E-state index contributed by atoms with van der Waals surface area (Å²) < 4.78 is 2.58. The van der Waals surface area contributed by atoms with Crippen LogP contribution in [0.3, 0.4) is 0 Å². The summed E-state index contributed by atoms with van der Waals surface area (Å²) in [6.45, 7) is 11.5. The van der Waals surface area contributed by atoms with Crippen molar-refractivity contribution in [2.24, 2.45) is 5.92 Å². The third kappa shape index (κ3) is 3.49. The van der Waals surface area contributed by atoms with Crippen molar-refractivity contribution in [1.82, 2.24) is 0 Å². The molecule has 1 atom stereocenters. The Morgan fingerprint density at radius 1 is 1.26 bits per heavy atom. The minimum absolute atomic E-state index is 0.0797. The zero-order valence-corrected chi connectivity index (χ0v) is 17.9. The lowest BCUT2D eigenvalue weighted by atomic mass is 9.85. The quantitative estimate of drug-likeness (QED) is 0.382. The number of fused-ring (bicyclic) bond motifs is 3. The number of hydrogen-bond donors (Lipinski definition) is 0. The van der Waals surface area contributed by atoms with Crippen molar-refractivity contribution in [3.8, 4) is 0 Å². The van der Waals surface area contributed by atoms with Gasteiger partial charge in [0.1, 0.15) is 0 Å². The molecule has 0 fully saturated rings. The van der Waals surface area contributed by atoms with Crippen molar-refractivity contribution >= 4 is 11.1 Å². The maximum absolute atomic E-state index is 2.58. The van der Waals surface area contributed by atoms with E-state index in [1.54, 1.807) is 0 Å². The molecule has 1 nitrogen and oxygen atoms in total. The number of allylic oxidation sites excluding steroid dienone is 8. The highest BCUT2D eigenvalue weighted by Gasteiger charge is 2.41. The second-order valence-corrected chi connectivity index (χ2v) is 8.05. The molecule has 1 heteroatoms. The lowest BCUT2D eigenvalue weighted by Gasteiger charge is -2.26. The van der Waals surface area contributed by atoms with Gasteiger partial charge in [-0.2, -0.15) is 4.57 Å². The van der Waals surface area contributed by atoms with Crippen LogP contribution in [0.15, 0.2) is 48.7 Å². The van der Waals surface area contributed by atoms with Crippen molar-refractivity contribution in [3.05, 3.63) is 65.5 Å². The predicted octanol–water partition coefficient (Wildman–Crippen LogP) is 6.92. The zero-order valence-electron chi connectivity index (χ0n) is 17.9. The van der Waals surface area contributed by atoms with Crippen LogP contribution >= 0.6 is 0 Å². The first kappa shape index (κ1) is 19.9. The first-order valence-corrected chi connectivity index (χ1v) is 10.9. The van der Waals surface area contributed by atoms with Gasteiger partial charge in [0, 0.05) is 36.0 Å². The second kappa shape index (κ2) is 8.42. The van der Waals surface area contributed by atoms with Crippen LogP contribution < -0.4 is 4.57 Å². The molecule has 1 aromatic heterocycles. The predicted molar refractivity (Wildman–Crippen MR) is 117 cm³/mol. The fourth-order valence-corrected chi connectivity index (χ4v) is 4.82. The molecule has 0 N–H and O–H groups in total. The van der Waals surface area contributed by atoms with E-state index in [2.05, 4.69) is 87.9 Å². The monoisotopic (exact) mass is 362 g/mol. The van der Waals surface area contributed by atoms with E-state index in [0.29, 0.717) is 5.92 Å². The highest BCUT2D eigenvalue weighted by molar-refractivity contribution is 5.76. The Balaban J connectivity index is 2.25. The molecule has 1 aliphatic heterocycles. The van der Waals surface area contributed by atoms with Gasteiger partial charge >= 0.3 is 0 Å². The summed E-state index contributed by atoms with van der Waals surface area (Å²) in [6.07, 6.45) is 23.6. The van der Waals surface area contributed by atoms with E-state index in [9.17, 15) is 0 Å². The van der Waals surface area contributed by atoms with Gasteiger partial charge in [0.2, 0.25) is 5.69 Å². The van der Waals surface area contributed by atoms with Gasteiger partial charge < -0.3 is 0 Å². The number of pyridine rings is 1. The van der Waals surface area contributed by atoms with Crippen LogP contribution in [0, 0.1) is 12.8 Å². The Hall–Kier alpha value is -1.89. The van der Waals surface area contributed by atoms with Crippen molar-refractivity contribution in [2.75, 3.05) is 0 Å². The second-order valence-electron chi connectivity index (χ2n) is 8.05. The van der Waals surface area contributed by atoms with Crippen LogP contribution in [0.1, 0.15) is 83.0 Å². The van der Waals surface area contributed by atoms with E-state index in [0.717, 1.165) is 19.3 Å². The Morgan fingerprint density at radius 2 is 2.04 bits per heavy atom. The molecule has 2 aliphatic rings. The first-order valence-electron chi connectivity index (χ1n) is 10.9. The molecule has 1 aromatic rings. The van der Waals surface area contributed by atoms with Gasteiger partial charge in [0.05, 0.1) is 0 Å². The fraction of sp³-hybridized carbons (Fsp3) is 0.500. The molecule has 1 aliphatic carbocycles. The third-order valence-corrected chi connectivity index (χ3v) is 6.70. The van der Waals surface area contributed by atoms with Crippen molar-refractivity contribution in [3.63, 3.8) is 0 Å². The summed E-state index contributed by atoms with van der Waals surface area (Å²) in [5.41, 5.74) is 7.40. The number of aromatic nitrogens is 1. The Bertz CT molecular complexity index is 800.